The van der Waals surface area contributed by atoms with Crippen LogP contribution in [0.15, 0.2) is 72.9 Å². The summed E-state index contributed by atoms with van der Waals surface area (Å²) in [4.78, 5) is 37.9. The van der Waals surface area contributed by atoms with Crippen LogP contribution in [0.5, 0.6) is 0 Å². The fourth-order valence-electron chi connectivity index (χ4n) is 8.33. The Morgan fingerprint density at radius 2 is 0.565 bits per heavy atom. The van der Waals surface area contributed by atoms with E-state index in [0.717, 1.165) is 96.3 Å². The van der Waals surface area contributed by atoms with Crippen LogP contribution >= 0.6 is 0 Å². The van der Waals surface area contributed by atoms with Gasteiger partial charge in [0.25, 0.3) is 0 Å². The van der Waals surface area contributed by atoms with Crippen molar-refractivity contribution in [1.82, 2.24) is 0 Å². The quantitative estimate of drug-likeness (QED) is 0.0262. The lowest BCUT2D eigenvalue weighted by Crippen LogP contribution is -2.30. The predicted molar refractivity (Wildman–Crippen MR) is 298 cm³/mol. The first kappa shape index (κ1) is 65.8. The molecule has 69 heavy (non-hydrogen) atoms. The molecular formula is C63H110O6. The molecule has 398 valence electrons. The molecule has 6 heteroatoms. The molecule has 6 nitrogen and oxygen atoms in total. The van der Waals surface area contributed by atoms with Gasteiger partial charge in [-0.2, -0.15) is 0 Å². The van der Waals surface area contributed by atoms with Crippen molar-refractivity contribution in [3.05, 3.63) is 72.9 Å². The highest BCUT2D eigenvalue weighted by atomic mass is 16.6. The Morgan fingerprint density at radius 1 is 0.304 bits per heavy atom. The molecule has 1 unspecified atom stereocenters. The Hall–Kier alpha value is -3.15. The maximum absolute atomic E-state index is 12.8. The topological polar surface area (TPSA) is 78.9 Å². The first-order chi connectivity index (χ1) is 34.0. The number of allylic oxidation sites excluding steroid dienone is 12. The van der Waals surface area contributed by atoms with Crippen LogP contribution in [0.25, 0.3) is 0 Å². The van der Waals surface area contributed by atoms with Gasteiger partial charge in [0, 0.05) is 19.3 Å². The maximum atomic E-state index is 12.8. The van der Waals surface area contributed by atoms with Crippen molar-refractivity contribution in [1.29, 1.82) is 0 Å². The van der Waals surface area contributed by atoms with Crippen molar-refractivity contribution < 1.29 is 28.6 Å². The Bertz CT molecular complexity index is 1290. The van der Waals surface area contributed by atoms with Crippen LogP contribution in [-0.2, 0) is 28.6 Å². The van der Waals surface area contributed by atoms with Crippen LogP contribution in [-0.4, -0.2) is 37.2 Å². The molecule has 0 spiro atoms. The molecule has 0 heterocycles. The third kappa shape index (κ3) is 55.6. The molecule has 0 saturated heterocycles. The standard InChI is InChI=1S/C63H110O6/c1-4-7-10-13-16-18-20-22-24-25-26-27-28-29-30-31-32-33-34-35-36-37-39-40-42-44-47-50-53-56-62(65)68-59-60(58-67-61(64)55-52-49-46-15-12-9-6-3)69-63(66)57-54-51-48-45-43-41-38-23-21-19-17-14-11-8-5-2/h7,10,16,18,22,24,26-27,29-30,32-33,60H,4-6,8-9,11-15,17,19-21,23,25,28,31,34-59H2,1-3H3/b10-7-,18-16-,24-22-,27-26-,30-29-,33-32-. The first-order valence-electron chi connectivity index (χ1n) is 29.4. The number of carbonyl (C=O) groups is 3. The van der Waals surface area contributed by atoms with E-state index in [1.807, 2.05) is 0 Å². The molecule has 0 aromatic heterocycles. The second-order valence-electron chi connectivity index (χ2n) is 19.5. The van der Waals surface area contributed by atoms with Crippen LogP contribution in [0.3, 0.4) is 0 Å². The summed E-state index contributed by atoms with van der Waals surface area (Å²) in [5.41, 5.74) is 0. The molecule has 1 atom stereocenters. The fourth-order valence-corrected chi connectivity index (χ4v) is 8.33. The van der Waals surface area contributed by atoms with Gasteiger partial charge in [-0.25, -0.2) is 0 Å². The van der Waals surface area contributed by atoms with Crippen LogP contribution in [0.4, 0.5) is 0 Å². The summed E-state index contributed by atoms with van der Waals surface area (Å²) in [5, 5.41) is 0. The lowest BCUT2D eigenvalue weighted by atomic mass is 10.0. The molecule has 0 aliphatic rings. The first-order valence-corrected chi connectivity index (χ1v) is 29.4. The van der Waals surface area contributed by atoms with E-state index in [0.29, 0.717) is 19.3 Å². The lowest BCUT2D eigenvalue weighted by molar-refractivity contribution is -0.167. The molecule has 0 radical (unpaired) electrons. The summed E-state index contributed by atoms with van der Waals surface area (Å²) >= 11 is 0. The Morgan fingerprint density at radius 3 is 0.884 bits per heavy atom. The molecule has 0 saturated carbocycles. The molecule has 0 aliphatic carbocycles. The molecule has 0 rings (SSSR count). The molecule has 0 aromatic carbocycles. The van der Waals surface area contributed by atoms with Gasteiger partial charge in [-0.1, -0.05) is 273 Å². The summed E-state index contributed by atoms with van der Waals surface area (Å²) in [6, 6.07) is 0. The normalized spacial score (nSPS) is 12.6. The van der Waals surface area contributed by atoms with Crippen LogP contribution in [0, 0.1) is 0 Å². The van der Waals surface area contributed by atoms with Crippen molar-refractivity contribution in [3.8, 4) is 0 Å². The monoisotopic (exact) mass is 963 g/mol. The highest BCUT2D eigenvalue weighted by Crippen LogP contribution is 2.16. The molecule has 0 fully saturated rings. The van der Waals surface area contributed by atoms with Gasteiger partial charge in [-0.15, -0.1) is 0 Å². The third-order valence-electron chi connectivity index (χ3n) is 12.7. The lowest BCUT2D eigenvalue weighted by Gasteiger charge is -2.18. The van der Waals surface area contributed by atoms with Gasteiger partial charge < -0.3 is 14.2 Å². The van der Waals surface area contributed by atoms with E-state index in [-0.39, 0.29) is 31.1 Å². The molecule has 0 amide bonds. The number of hydrogen-bond acceptors (Lipinski definition) is 6. The Balaban J connectivity index is 4.12. The SMILES string of the molecule is CC/C=C\C/C=C\C/C=C\C/C=C\C/C=C\C/C=C\CCCCCCCCCCCCC(=O)OCC(COC(=O)CCCCCCCCC)OC(=O)CCCCCCCCCCCCCCCCC. The molecular weight excluding hydrogens is 853 g/mol. The second-order valence-corrected chi connectivity index (χ2v) is 19.5. The van der Waals surface area contributed by atoms with E-state index in [9.17, 15) is 14.4 Å². The largest absolute Gasteiger partial charge is 0.462 e. The summed E-state index contributed by atoms with van der Waals surface area (Å²) in [6.45, 7) is 6.50. The minimum atomic E-state index is -0.771. The average Bonchev–Trinajstić information content (AvgIpc) is 3.35. The average molecular weight is 964 g/mol. The number of unbranched alkanes of at least 4 members (excludes halogenated alkanes) is 30. The predicted octanol–water partition coefficient (Wildman–Crippen LogP) is 19.8. The molecule has 0 bridgehead atoms. The van der Waals surface area contributed by atoms with Crippen molar-refractivity contribution in [2.75, 3.05) is 13.2 Å². The van der Waals surface area contributed by atoms with E-state index < -0.39 is 6.10 Å². The van der Waals surface area contributed by atoms with Crippen molar-refractivity contribution >= 4 is 17.9 Å². The number of rotatable bonds is 53. The zero-order valence-corrected chi connectivity index (χ0v) is 45.6. The number of esters is 3. The highest BCUT2D eigenvalue weighted by Gasteiger charge is 2.19. The Labute approximate surface area is 427 Å². The van der Waals surface area contributed by atoms with Crippen molar-refractivity contribution in [2.45, 2.75) is 297 Å². The minimum Gasteiger partial charge on any atom is -0.462 e. The molecule has 0 aliphatic heterocycles. The highest BCUT2D eigenvalue weighted by molar-refractivity contribution is 5.71. The number of carbonyl (C=O) groups excluding carboxylic acids is 3. The Kier molecular flexibility index (Phi) is 54.8. The van der Waals surface area contributed by atoms with Gasteiger partial charge in [0.1, 0.15) is 13.2 Å². The zero-order valence-electron chi connectivity index (χ0n) is 45.6. The van der Waals surface area contributed by atoms with Gasteiger partial charge >= 0.3 is 17.9 Å². The molecule has 0 aromatic rings. The van der Waals surface area contributed by atoms with Crippen LogP contribution in [0.2, 0.25) is 0 Å². The summed E-state index contributed by atoms with van der Waals surface area (Å²) in [5.74, 6) is -0.873. The van der Waals surface area contributed by atoms with Gasteiger partial charge in [0.05, 0.1) is 0 Å². The second kappa shape index (κ2) is 57.4. The smallest absolute Gasteiger partial charge is 0.306 e. The van der Waals surface area contributed by atoms with Crippen LogP contribution < -0.4 is 0 Å². The van der Waals surface area contributed by atoms with Crippen molar-refractivity contribution in [2.24, 2.45) is 0 Å². The minimum absolute atomic E-state index is 0.0727. The van der Waals surface area contributed by atoms with E-state index in [1.54, 1.807) is 0 Å². The van der Waals surface area contributed by atoms with Gasteiger partial charge in [-0.05, 0) is 70.6 Å². The zero-order chi connectivity index (χ0) is 50.0. The van der Waals surface area contributed by atoms with Crippen molar-refractivity contribution in [3.63, 3.8) is 0 Å². The number of ether oxygens (including phenoxy) is 3. The summed E-state index contributed by atoms with van der Waals surface area (Å²) in [6.07, 6.45) is 73.5. The third-order valence-corrected chi connectivity index (χ3v) is 12.7. The van der Waals surface area contributed by atoms with E-state index in [2.05, 4.69) is 93.7 Å². The van der Waals surface area contributed by atoms with Gasteiger partial charge in [0.2, 0.25) is 0 Å². The fraction of sp³-hybridized carbons (Fsp3) is 0.762. The summed E-state index contributed by atoms with van der Waals surface area (Å²) < 4.78 is 16.8. The van der Waals surface area contributed by atoms with Crippen LogP contribution in [0.1, 0.15) is 290 Å². The van der Waals surface area contributed by atoms with E-state index in [1.165, 1.54) is 154 Å². The van der Waals surface area contributed by atoms with E-state index >= 15 is 0 Å². The van der Waals surface area contributed by atoms with Gasteiger partial charge in [0.15, 0.2) is 6.10 Å². The molecule has 0 N–H and O–H groups in total. The summed E-state index contributed by atoms with van der Waals surface area (Å²) in [7, 11) is 0. The van der Waals surface area contributed by atoms with E-state index in [4.69, 9.17) is 14.2 Å². The van der Waals surface area contributed by atoms with Gasteiger partial charge in [-0.3, -0.25) is 14.4 Å². The maximum Gasteiger partial charge on any atom is 0.306 e. The number of hydrogen-bond donors (Lipinski definition) is 0.